The molecule has 4 saturated carbocycles. The molecule has 0 heterocycles. The summed E-state index contributed by atoms with van der Waals surface area (Å²) in [5.41, 5.74) is 0.783. The quantitative estimate of drug-likeness (QED) is 0.766. The highest BCUT2D eigenvalue weighted by Gasteiger charge is 2.50. The second-order valence-corrected chi connectivity index (χ2v) is 7.28. The van der Waals surface area contributed by atoms with Gasteiger partial charge in [0.15, 0.2) is 0 Å². The largest absolute Gasteiger partial charge is 0.319 e. The minimum atomic E-state index is 0.783. The Balaban J connectivity index is 1.68. The van der Waals surface area contributed by atoms with Crippen LogP contribution in [0, 0.1) is 29.1 Å². The number of hydrogen-bond donors (Lipinski definition) is 1. The van der Waals surface area contributed by atoms with E-state index in [1.165, 1.54) is 13.0 Å². The van der Waals surface area contributed by atoms with E-state index in [-0.39, 0.29) is 0 Å². The van der Waals surface area contributed by atoms with Crippen molar-refractivity contribution in [1.29, 1.82) is 0 Å². The van der Waals surface area contributed by atoms with Crippen LogP contribution in [0.25, 0.3) is 0 Å². The zero-order valence-corrected chi connectivity index (χ0v) is 11.0. The first-order valence-electron chi connectivity index (χ1n) is 7.34. The molecule has 1 atom stereocenters. The molecule has 4 fully saturated rings. The molecule has 4 aliphatic rings. The van der Waals surface area contributed by atoms with Gasteiger partial charge in [0.25, 0.3) is 0 Å². The van der Waals surface area contributed by atoms with Crippen LogP contribution in [0.4, 0.5) is 0 Å². The molecule has 4 bridgehead atoms. The zero-order valence-electron chi connectivity index (χ0n) is 11.0. The predicted octanol–water partition coefficient (Wildman–Crippen LogP) is 3.45. The van der Waals surface area contributed by atoms with E-state index in [4.69, 9.17) is 0 Å². The molecule has 16 heavy (non-hydrogen) atoms. The summed E-state index contributed by atoms with van der Waals surface area (Å²) in [5.74, 6) is 4.23. The Kier molecular flexibility index (Phi) is 2.78. The first-order chi connectivity index (χ1) is 7.69. The standard InChI is InChI=1S/C15H27N/c1-11(10-16-2)6-15-7-12-3-13(8-15)5-14(4-12)9-15/h11-14,16H,3-10H2,1-2H3. The molecule has 0 radical (unpaired) electrons. The molecule has 0 aromatic rings. The lowest BCUT2D eigenvalue weighted by atomic mass is 9.48. The minimum Gasteiger partial charge on any atom is -0.319 e. The van der Waals surface area contributed by atoms with E-state index in [2.05, 4.69) is 19.3 Å². The van der Waals surface area contributed by atoms with Gasteiger partial charge in [-0.25, -0.2) is 0 Å². The molecule has 0 aromatic heterocycles. The SMILES string of the molecule is CNCC(C)CC12CC3CC(CC(C3)C1)C2. The van der Waals surface area contributed by atoms with Gasteiger partial charge in [-0.3, -0.25) is 0 Å². The van der Waals surface area contributed by atoms with Crippen LogP contribution in [0.1, 0.15) is 51.9 Å². The van der Waals surface area contributed by atoms with Crippen LogP contribution < -0.4 is 5.32 Å². The average molecular weight is 221 g/mol. The predicted molar refractivity (Wildman–Crippen MR) is 68.3 cm³/mol. The fourth-order valence-electron chi connectivity index (χ4n) is 5.70. The number of nitrogens with one attached hydrogen (secondary N) is 1. The topological polar surface area (TPSA) is 12.0 Å². The molecule has 4 rings (SSSR count). The fourth-order valence-corrected chi connectivity index (χ4v) is 5.70. The van der Waals surface area contributed by atoms with Crippen molar-refractivity contribution in [3.8, 4) is 0 Å². The van der Waals surface area contributed by atoms with Crippen molar-refractivity contribution in [1.82, 2.24) is 5.32 Å². The molecule has 1 heteroatoms. The van der Waals surface area contributed by atoms with Crippen LogP contribution in [-0.4, -0.2) is 13.6 Å². The van der Waals surface area contributed by atoms with Crippen molar-refractivity contribution in [2.24, 2.45) is 29.1 Å². The van der Waals surface area contributed by atoms with Crippen molar-refractivity contribution >= 4 is 0 Å². The second-order valence-electron chi connectivity index (χ2n) is 7.28. The average Bonchev–Trinajstić information content (AvgIpc) is 2.13. The Morgan fingerprint density at radius 2 is 1.56 bits per heavy atom. The summed E-state index contributed by atoms with van der Waals surface area (Å²) in [4.78, 5) is 0. The monoisotopic (exact) mass is 221 g/mol. The summed E-state index contributed by atoms with van der Waals surface area (Å²) < 4.78 is 0. The van der Waals surface area contributed by atoms with Crippen LogP contribution in [0.15, 0.2) is 0 Å². The lowest BCUT2D eigenvalue weighted by Gasteiger charge is -2.57. The molecule has 92 valence electrons. The third kappa shape index (κ3) is 1.92. The van der Waals surface area contributed by atoms with Gasteiger partial charge in [0.05, 0.1) is 0 Å². The van der Waals surface area contributed by atoms with Crippen molar-refractivity contribution in [2.45, 2.75) is 51.9 Å². The number of hydrogen-bond acceptors (Lipinski definition) is 1. The smallest absolute Gasteiger partial charge is 0.00260 e. The molecule has 0 aromatic carbocycles. The van der Waals surface area contributed by atoms with Gasteiger partial charge in [0.2, 0.25) is 0 Å². The molecular weight excluding hydrogens is 194 g/mol. The Labute approximate surface area is 100 Å². The van der Waals surface area contributed by atoms with Gasteiger partial charge >= 0.3 is 0 Å². The molecule has 0 amide bonds. The maximum atomic E-state index is 3.35. The molecule has 1 nitrogen and oxygen atoms in total. The van der Waals surface area contributed by atoms with Crippen molar-refractivity contribution < 1.29 is 0 Å². The summed E-state index contributed by atoms with van der Waals surface area (Å²) >= 11 is 0. The summed E-state index contributed by atoms with van der Waals surface area (Å²) in [6.07, 6.45) is 11.0. The van der Waals surface area contributed by atoms with E-state index in [0.29, 0.717) is 0 Å². The van der Waals surface area contributed by atoms with Gasteiger partial charge < -0.3 is 5.32 Å². The highest BCUT2D eigenvalue weighted by molar-refractivity contribution is 5.01. The maximum Gasteiger partial charge on any atom is -0.00260 e. The highest BCUT2D eigenvalue weighted by Crippen LogP contribution is 2.61. The van der Waals surface area contributed by atoms with E-state index >= 15 is 0 Å². The number of rotatable bonds is 4. The van der Waals surface area contributed by atoms with Crippen molar-refractivity contribution in [3.05, 3.63) is 0 Å². The lowest BCUT2D eigenvalue weighted by Crippen LogP contribution is -2.47. The lowest BCUT2D eigenvalue weighted by molar-refractivity contribution is -0.0640. The summed E-state index contributed by atoms with van der Waals surface area (Å²) in [7, 11) is 2.09. The summed E-state index contributed by atoms with van der Waals surface area (Å²) in [5, 5.41) is 3.35. The van der Waals surface area contributed by atoms with Crippen molar-refractivity contribution in [3.63, 3.8) is 0 Å². The summed E-state index contributed by atoms with van der Waals surface area (Å²) in [6, 6.07) is 0. The van der Waals surface area contributed by atoms with Gasteiger partial charge in [0, 0.05) is 0 Å². The zero-order chi connectivity index (χ0) is 11.2. The Morgan fingerprint density at radius 3 is 2.00 bits per heavy atom. The van der Waals surface area contributed by atoms with E-state index in [9.17, 15) is 0 Å². The molecule has 0 spiro atoms. The Bertz CT molecular complexity index is 223. The van der Waals surface area contributed by atoms with Gasteiger partial charge in [-0.15, -0.1) is 0 Å². The molecule has 1 N–H and O–H groups in total. The second kappa shape index (κ2) is 4.01. The van der Waals surface area contributed by atoms with Gasteiger partial charge in [-0.2, -0.15) is 0 Å². The van der Waals surface area contributed by atoms with Gasteiger partial charge in [-0.1, -0.05) is 6.92 Å². The first-order valence-corrected chi connectivity index (χ1v) is 7.34. The molecule has 0 saturated heterocycles. The van der Waals surface area contributed by atoms with Gasteiger partial charge in [0.1, 0.15) is 0 Å². The third-order valence-electron chi connectivity index (χ3n) is 5.50. The molecule has 0 aliphatic heterocycles. The fraction of sp³-hybridized carbons (Fsp3) is 1.00. The van der Waals surface area contributed by atoms with Crippen molar-refractivity contribution in [2.75, 3.05) is 13.6 Å². The first kappa shape index (κ1) is 11.1. The van der Waals surface area contributed by atoms with E-state index < -0.39 is 0 Å². The van der Waals surface area contributed by atoms with Crippen LogP contribution >= 0.6 is 0 Å². The Morgan fingerprint density at radius 1 is 1.06 bits per heavy atom. The van der Waals surface area contributed by atoms with Crippen LogP contribution in [-0.2, 0) is 0 Å². The van der Waals surface area contributed by atoms with Crippen LogP contribution in [0.3, 0.4) is 0 Å². The van der Waals surface area contributed by atoms with E-state index in [0.717, 1.165) is 29.1 Å². The third-order valence-corrected chi connectivity index (χ3v) is 5.50. The minimum absolute atomic E-state index is 0.783. The summed E-state index contributed by atoms with van der Waals surface area (Å²) in [6.45, 7) is 3.65. The Hall–Kier alpha value is -0.0400. The maximum absolute atomic E-state index is 3.35. The van der Waals surface area contributed by atoms with Crippen LogP contribution in [0.2, 0.25) is 0 Å². The molecule has 4 aliphatic carbocycles. The van der Waals surface area contributed by atoms with Gasteiger partial charge in [-0.05, 0) is 87.6 Å². The normalized spacial score (nSPS) is 47.2. The highest BCUT2D eigenvalue weighted by atomic mass is 14.8. The molecular formula is C15H27N. The van der Waals surface area contributed by atoms with E-state index in [1.807, 2.05) is 0 Å². The molecule has 1 unspecified atom stereocenters. The van der Waals surface area contributed by atoms with Crippen LogP contribution in [0.5, 0.6) is 0 Å². The van der Waals surface area contributed by atoms with E-state index in [1.54, 1.807) is 38.5 Å².